The number of ether oxygens (including phenoxy) is 1. The van der Waals surface area contributed by atoms with Gasteiger partial charge < -0.3 is 19.0 Å². The second-order valence-corrected chi connectivity index (χ2v) is 7.77. The maximum absolute atomic E-state index is 6.40. The van der Waals surface area contributed by atoms with E-state index in [0.29, 0.717) is 5.55 Å². The standard InChI is InChI=1S/C27H26N4O2/c1-4-31(5-2)20-13-10-18-16-22(26-29-23-8-6-7-9-24(23)30-26)27(33-25(18)17-20)28-19-11-14-21(32-3)15-12-19/h6-17H,4-5H2,1-3H3,(H,29,30). The topological polar surface area (TPSA) is 66.7 Å². The van der Waals surface area contributed by atoms with Crippen molar-refractivity contribution in [3.05, 3.63) is 78.4 Å². The molecule has 0 saturated heterocycles. The van der Waals surface area contributed by atoms with E-state index >= 15 is 0 Å². The number of aromatic amines is 1. The molecule has 0 aliphatic heterocycles. The molecule has 2 aromatic heterocycles. The molecule has 0 bridgehead atoms. The minimum absolute atomic E-state index is 0.503. The number of imidazole rings is 1. The van der Waals surface area contributed by atoms with Gasteiger partial charge in [0.1, 0.15) is 17.2 Å². The molecule has 5 aromatic rings. The van der Waals surface area contributed by atoms with Gasteiger partial charge in [-0.1, -0.05) is 12.1 Å². The molecular formula is C27H26N4O2. The van der Waals surface area contributed by atoms with E-state index in [1.165, 1.54) is 0 Å². The van der Waals surface area contributed by atoms with Gasteiger partial charge in [-0.25, -0.2) is 9.98 Å². The van der Waals surface area contributed by atoms with Gasteiger partial charge in [0.05, 0.1) is 29.4 Å². The van der Waals surface area contributed by atoms with Crippen molar-refractivity contribution in [2.45, 2.75) is 13.8 Å². The molecule has 0 amide bonds. The zero-order valence-electron chi connectivity index (χ0n) is 19.0. The molecular weight excluding hydrogens is 412 g/mol. The monoisotopic (exact) mass is 438 g/mol. The Bertz CT molecular complexity index is 1450. The Kier molecular flexibility index (Phi) is 5.57. The van der Waals surface area contributed by atoms with Crippen LogP contribution in [0, 0.1) is 0 Å². The van der Waals surface area contributed by atoms with Crippen LogP contribution >= 0.6 is 0 Å². The van der Waals surface area contributed by atoms with E-state index in [9.17, 15) is 0 Å². The Morgan fingerprint density at radius 3 is 2.48 bits per heavy atom. The van der Waals surface area contributed by atoms with E-state index in [2.05, 4.69) is 48.0 Å². The maximum atomic E-state index is 6.40. The summed E-state index contributed by atoms with van der Waals surface area (Å²) in [7, 11) is 1.65. The largest absolute Gasteiger partial charge is 0.497 e. The number of nitrogens with one attached hydrogen (secondary N) is 1. The molecule has 0 aliphatic carbocycles. The molecule has 0 aliphatic rings. The molecule has 2 heterocycles. The SMILES string of the molecule is CCN(CC)c1ccc2cc(-c3nc4ccccc4[nH]3)c(=Nc3ccc(OC)cc3)oc2c1. The number of fused-ring (bicyclic) bond motifs is 2. The molecule has 5 rings (SSSR count). The van der Waals surface area contributed by atoms with E-state index in [-0.39, 0.29) is 0 Å². The lowest BCUT2D eigenvalue weighted by atomic mass is 10.1. The fourth-order valence-corrected chi connectivity index (χ4v) is 4.00. The summed E-state index contributed by atoms with van der Waals surface area (Å²) >= 11 is 0. The van der Waals surface area contributed by atoms with Crippen LogP contribution in [0.25, 0.3) is 33.4 Å². The number of methoxy groups -OCH3 is 1. The van der Waals surface area contributed by atoms with Crippen molar-refractivity contribution in [3.63, 3.8) is 0 Å². The highest BCUT2D eigenvalue weighted by Gasteiger charge is 2.13. The van der Waals surface area contributed by atoms with Gasteiger partial charge in [0.15, 0.2) is 0 Å². The number of hydrogen-bond donors (Lipinski definition) is 1. The lowest BCUT2D eigenvalue weighted by Gasteiger charge is -2.21. The van der Waals surface area contributed by atoms with Crippen molar-refractivity contribution < 1.29 is 9.15 Å². The maximum Gasteiger partial charge on any atom is 0.230 e. The predicted octanol–water partition coefficient (Wildman–Crippen LogP) is 6.06. The molecule has 6 heteroatoms. The fourth-order valence-electron chi connectivity index (χ4n) is 4.00. The Morgan fingerprint density at radius 1 is 0.970 bits per heavy atom. The van der Waals surface area contributed by atoms with E-state index in [0.717, 1.165) is 63.6 Å². The van der Waals surface area contributed by atoms with Crippen LogP contribution in [0.15, 0.2) is 82.2 Å². The average Bonchev–Trinajstić information content (AvgIpc) is 3.29. The molecule has 0 radical (unpaired) electrons. The van der Waals surface area contributed by atoms with Crippen molar-refractivity contribution in [1.82, 2.24) is 9.97 Å². The molecule has 0 unspecified atom stereocenters. The molecule has 166 valence electrons. The van der Waals surface area contributed by atoms with E-state index in [1.807, 2.05) is 48.5 Å². The third-order valence-corrected chi connectivity index (χ3v) is 5.81. The highest BCUT2D eigenvalue weighted by atomic mass is 16.5. The first kappa shape index (κ1) is 20.8. The summed E-state index contributed by atoms with van der Waals surface area (Å²) in [5.41, 5.74) is 5.87. The lowest BCUT2D eigenvalue weighted by molar-refractivity contribution is 0.415. The number of hydrogen-bond acceptors (Lipinski definition) is 5. The highest BCUT2D eigenvalue weighted by molar-refractivity contribution is 5.85. The van der Waals surface area contributed by atoms with E-state index in [4.69, 9.17) is 19.1 Å². The summed E-state index contributed by atoms with van der Waals surface area (Å²) in [4.78, 5) is 15.3. The van der Waals surface area contributed by atoms with Gasteiger partial charge in [0.2, 0.25) is 5.55 Å². The molecule has 0 saturated carbocycles. The molecule has 0 spiro atoms. The molecule has 6 nitrogen and oxygen atoms in total. The summed E-state index contributed by atoms with van der Waals surface area (Å²) in [6, 6.07) is 24.0. The summed E-state index contributed by atoms with van der Waals surface area (Å²) < 4.78 is 11.7. The van der Waals surface area contributed by atoms with Crippen LogP contribution in [0.3, 0.4) is 0 Å². The number of rotatable bonds is 6. The van der Waals surface area contributed by atoms with Crippen LogP contribution in [0.5, 0.6) is 5.75 Å². The van der Waals surface area contributed by atoms with Crippen LogP contribution < -0.4 is 15.2 Å². The van der Waals surface area contributed by atoms with Crippen molar-refractivity contribution in [2.24, 2.45) is 4.99 Å². The Hall–Kier alpha value is -4.06. The van der Waals surface area contributed by atoms with Gasteiger partial charge in [0, 0.05) is 30.2 Å². The number of aromatic nitrogens is 2. The zero-order chi connectivity index (χ0) is 22.8. The van der Waals surface area contributed by atoms with Gasteiger partial charge in [-0.05, 0) is 68.4 Å². The minimum atomic E-state index is 0.503. The lowest BCUT2D eigenvalue weighted by Crippen LogP contribution is -2.21. The third kappa shape index (κ3) is 4.07. The van der Waals surface area contributed by atoms with E-state index in [1.54, 1.807) is 7.11 Å². The van der Waals surface area contributed by atoms with Crippen molar-refractivity contribution in [1.29, 1.82) is 0 Å². The van der Waals surface area contributed by atoms with Gasteiger partial charge in [-0.15, -0.1) is 0 Å². The first-order valence-corrected chi connectivity index (χ1v) is 11.1. The smallest absolute Gasteiger partial charge is 0.230 e. The molecule has 0 fully saturated rings. The number of anilines is 1. The summed E-state index contributed by atoms with van der Waals surface area (Å²) in [5, 5.41) is 0.995. The van der Waals surface area contributed by atoms with Gasteiger partial charge >= 0.3 is 0 Å². The number of nitrogens with zero attached hydrogens (tertiary/aromatic N) is 3. The normalized spacial score (nSPS) is 11.9. The van der Waals surface area contributed by atoms with Crippen LogP contribution in [-0.4, -0.2) is 30.2 Å². The first-order chi connectivity index (χ1) is 16.2. The Balaban J connectivity index is 1.73. The van der Waals surface area contributed by atoms with Crippen LogP contribution in [-0.2, 0) is 0 Å². The van der Waals surface area contributed by atoms with Gasteiger partial charge in [-0.3, -0.25) is 0 Å². The summed E-state index contributed by atoms with van der Waals surface area (Å²) in [6.45, 7) is 6.17. The number of benzene rings is 3. The second kappa shape index (κ2) is 8.82. The summed E-state index contributed by atoms with van der Waals surface area (Å²) in [6.07, 6.45) is 0. The molecule has 1 N–H and O–H groups in total. The Morgan fingerprint density at radius 2 is 1.76 bits per heavy atom. The van der Waals surface area contributed by atoms with Crippen LogP contribution in [0.4, 0.5) is 11.4 Å². The fraction of sp³-hybridized carbons (Fsp3) is 0.185. The third-order valence-electron chi connectivity index (χ3n) is 5.81. The van der Waals surface area contributed by atoms with Crippen molar-refractivity contribution in [3.8, 4) is 17.1 Å². The van der Waals surface area contributed by atoms with Crippen LogP contribution in [0.2, 0.25) is 0 Å². The predicted molar refractivity (Wildman–Crippen MR) is 133 cm³/mol. The highest BCUT2D eigenvalue weighted by Crippen LogP contribution is 2.26. The summed E-state index contributed by atoms with van der Waals surface area (Å²) in [5.74, 6) is 1.51. The molecule has 0 atom stereocenters. The first-order valence-electron chi connectivity index (χ1n) is 11.1. The van der Waals surface area contributed by atoms with E-state index < -0.39 is 0 Å². The molecule has 3 aromatic carbocycles. The van der Waals surface area contributed by atoms with Crippen molar-refractivity contribution >= 4 is 33.4 Å². The number of para-hydroxylation sites is 2. The molecule has 33 heavy (non-hydrogen) atoms. The van der Waals surface area contributed by atoms with Crippen LogP contribution in [0.1, 0.15) is 13.8 Å². The second-order valence-electron chi connectivity index (χ2n) is 7.77. The number of H-pyrrole nitrogens is 1. The quantitative estimate of drug-likeness (QED) is 0.350. The van der Waals surface area contributed by atoms with Gasteiger partial charge in [0.25, 0.3) is 0 Å². The zero-order valence-corrected chi connectivity index (χ0v) is 19.0. The average molecular weight is 439 g/mol. The Labute approximate surface area is 192 Å². The minimum Gasteiger partial charge on any atom is -0.497 e. The van der Waals surface area contributed by atoms with Crippen molar-refractivity contribution in [2.75, 3.05) is 25.1 Å². The van der Waals surface area contributed by atoms with Gasteiger partial charge in [-0.2, -0.15) is 0 Å².